The lowest BCUT2D eigenvalue weighted by molar-refractivity contribution is 0.0705. The summed E-state index contributed by atoms with van der Waals surface area (Å²) in [6.45, 7) is 0.389. The number of aromatic amines is 1. The number of amides is 1. The van der Waals surface area contributed by atoms with Crippen LogP contribution in [-0.4, -0.2) is 59.3 Å². The molecule has 4 heterocycles. The molecule has 1 aliphatic rings. The van der Waals surface area contributed by atoms with Crippen molar-refractivity contribution in [2.75, 3.05) is 11.4 Å². The normalized spacial score (nSPS) is 18.6. The molecule has 1 fully saturated rings. The number of H-pyrrole nitrogens is 1. The van der Waals surface area contributed by atoms with E-state index in [2.05, 4.69) is 25.0 Å². The van der Waals surface area contributed by atoms with Crippen molar-refractivity contribution < 1.29 is 14.8 Å². The molecule has 3 aromatic rings. The summed E-state index contributed by atoms with van der Waals surface area (Å²) in [5, 5.41) is 12.6. The lowest BCUT2D eigenvalue weighted by Gasteiger charge is -2.36. The van der Waals surface area contributed by atoms with Gasteiger partial charge in [0.05, 0.1) is 11.7 Å². The van der Waals surface area contributed by atoms with Gasteiger partial charge in [-0.05, 0) is 18.9 Å². The van der Waals surface area contributed by atoms with Crippen LogP contribution in [0, 0.1) is 5.92 Å². The Morgan fingerprint density at radius 3 is 2.61 bits per heavy atom. The van der Waals surface area contributed by atoms with Crippen LogP contribution in [0.15, 0.2) is 41.8 Å². The second kappa shape index (κ2) is 8.41. The van der Waals surface area contributed by atoms with Crippen LogP contribution in [0.3, 0.4) is 0 Å². The zero-order chi connectivity index (χ0) is 22.0. The Labute approximate surface area is 174 Å². The van der Waals surface area contributed by atoms with Crippen molar-refractivity contribution in [1.82, 2.24) is 35.2 Å². The minimum absolute atomic E-state index is 0.0304. The van der Waals surface area contributed by atoms with E-state index in [4.69, 9.17) is 10.9 Å². The second-order valence-corrected chi connectivity index (χ2v) is 6.96. The predicted molar refractivity (Wildman–Crippen MR) is 106 cm³/mol. The van der Waals surface area contributed by atoms with Gasteiger partial charge in [0, 0.05) is 43.4 Å². The fourth-order valence-electron chi connectivity index (χ4n) is 3.43. The minimum atomic E-state index is -0.724. The first-order valence-corrected chi connectivity index (χ1v) is 9.40. The molecule has 0 aliphatic carbocycles. The molecule has 1 saturated heterocycles. The Hall–Kier alpha value is -3.97. The molecule has 0 saturated carbocycles. The van der Waals surface area contributed by atoms with Gasteiger partial charge in [0.1, 0.15) is 5.56 Å². The summed E-state index contributed by atoms with van der Waals surface area (Å²) in [7, 11) is 0. The molecule has 3 aromatic heterocycles. The Morgan fingerprint density at radius 1 is 1.23 bits per heavy atom. The Kier molecular flexibility index (Phi) is 5.51. The highest BCUT2D eigenvalue weighted by Gasteiger charge is 2.33. The first-order valence-electron chi connectivity index (χ1n) is 9.40. The van der Waals surface area contributed by atoms with Gasteiger partial charge in [0.2, 0.25) is 11.9 Å². The lowest BCUT2D eigenvalue weighted by Crippen LogP contribution is -2.50. The minimum Gasteiger partial charge on any atom is -0.325 e. The van der Waals surface area contributed by atoms with Crippen molar-refractivity contribution in [2.24, 2.45) is 11.7 Å². The summed E-state index contributed by atoms with van der Waals surface area (Å²) in [6, 6.07) is 1.69. The number of nitrogens with one attached hydrogen (secondary N) is 2. The first kappa shape index (κ1) is 20.3. The molecule has 0 bridgehead atoms. The van der Waals surface area contributed by atoms with Crippen LogP contribution in [-0.2, 0) is 0 Å². The van der Waals surface area contributed by atoms with E-state index in [9.17, 15) is 14.4 Å². The van der Waals surface area contributed by atoms with Gasteiger partial charge in [-0.3, -0.25) is 24.6 Å². The number of carbonyl (C=O) groups excluding carboxylic acids is 2. The number of carbonyl (C=O) groups is 2. The third-order valence-electron chi connectivity index (χ3n) is 5.05. The zero-order valence-corrected chi connectivity index (χ0v) is 16.2. The molecule has 0 aromatic carbocycles. The molecule has 5 N–H and O–H groups in total. The highest BCUT2D eigenvalue weighted by atomic mass is 16.5. The summed E-state index contributed by atoms with van der Waals surface area (Å²) >= 11 is 0. The van der Waals surface area contributed by atoms with Crippen LogP contribution in [0.1, 0.15) is 33.6 Å². The molecule has 13 heteroatoms. The second-order valence-electron chi connectivity index (χ2n) is 6.96. The average molecular weight is 425 g/mol. The Bertz CT molecular complexity index is 1140. The van der Waals surface area contributed by atoms with Crippen LogP contribution in [0.4, 0.5) is 5.95 Å². The van der Waals surface area contributed by atoms with E-state index < -0.39 is 23.6 Å². The quantitative estimate of drug-likeness (QED) is 0.230. The molecule has 31 heavy (non-hydrogen) atoms. The first-order chi connectivity index (χ1) is 15.0. The van der Waals surface area contributed by atoms with Crippen molar-refractivity contribution in [3.05, 3.63) is 58.5 Å². The van der Waals surface area contributed by atoms with E-state index in [0.29, 0.717) is 25.3 Å². The maximum Gasteiger partial charge on any atom is 0.277 e. The van der Waals surface area contributed by atoms with Crippen LogP contribution in [0.5, 0.6) is 0 Å². The predicted octanol–water partition coefficient (Wildman–Crippen LogP) is -0.751. The summed E-state index contributed by atoms with van der Waals surface area (Å²) in [5.41, 5.74) is 7.26. The monoisotopic (exact) mass is 425 g/mol. The average Bonchev–Trinajstić information content (AvgIpc) is 3.33. The van der Waals surface area contributed by atoms with E-state index >= 15 is 0 Å². The highest BCUT2D eigenvalue weighted by Crippen LogP contribution is 2.25. The van der Waals surface area contributed by atoms with Gasteiger partial charge in [-0.25, -0.2) is 25.1 Å². The van der Waals surface area contributed by atoms with E-state index in [1.807, 2.05) is 0 Å². The summed E-state index contributed by atoms with van der Waals surface area (Å²) in [4.78, 5) is 53.3. The molecular weight excluding hydrogens is 406 g/mol. The summed E-state index contributed by atoms with van der Waals surface area (Å²) < 4.78 is 1.39. The van der Waals surface area contributed by atoms with Crippen molar-refractivity contribution >= 4 is 17.6 Å². The molecule has 1 aliphatic heterocycles. The maximum atomic E-state index is 12.9. The van der Waals surface area contributed by atoms with E-state index in [1.54, 1.807) is 23.4 Å². The number of rotatable bonds is 5. The Morgan fingerprint density at radius 2 is 2.00 bits per heavy atom. The number of aromatic nitrogens is 6. The van der Waals surface area contributed by atoms with Gasteiger partial charge in [0.25, 0.3) is 11.5 Å². The number of anilines is 1. The van der Waals surface area contributed by atoms with Crippen LogP contribution >= 0.6 is 0 Å². The molecule has 160 valence electrons. The number of hydrogen-bond acceptors (Lipinski definition) is 10. The third kappa shape index (κ3) is 4.04. The van der Waals surface area contributed by atoms with Crippen molar-refractivity contribution in [1.29, 1.82) is 0 Å². The number of hydroxylamine groups is 1. The Balaban J connectivity index is 1.45. The van der Waals surface area contributed by atoms with E-state index in [-0.39, 0.29) is 22.9 Å². The van der Waals surface area contributed by atoms with Crippen molar-refractivity contribution in [3.8, 4) is 5.95 Å². The number of hydrogen-bond donors (Lipinski definition) is 4. The number of nitrogens with two attached hydrogens (primary N) is 1. The number of Topliss-reactive ketones (excluding diaryl/α,β-unsaturated/α-hetero) is 1. The smallest absolute Gasteiger partial charge is 0.277 e. The SMILES string of the molecule is NC1CC(C(=O)c2cnc(-n3cccn3)[nH]c2=O)CCN1c1ncc(C(=O)NO)cn1. The van der Waals surface area contributed by atoms with Crippen molar-refractivity contribution in [2.45, 2.75) is 19.0 Å². The fraction of sp³-hybridized carbons (Fsp3) is 0.278. The fourth-order valence-corrected chi connectivity index (χ4v) is 3.43. The molecule has 2 unspecified atom stereocenters. The molecule has 0 radical (unpaired) electrons. The zero-order valence-electron chi connectivity index (χ0n) is 16.2. The number of piperidine rings is 1. The largest absolute Gasteiger partial charge is 0.325 e. The van der Waals surface area contributed by atoms with Gasteiger partial charge in [-0.2, -0.15) is 5.10 Å². The van der Waals surface area contributed by atoms with Crippen LogP contribution in [0.2, 0.25) is 0 Å². The lowest BCUT2D eigenvalue weighted by atomic mass is 9.88. The molecule has 1 amide bonds. The van der Waals surface area contributed by atoms with Gasteiger partial charge in [-0.1, -0.05) is 0 Å². The topological polar surface area (TPSA) is 185 Å². The standard InChI is InChI=1S/C18H19N9O4/c19-13-6-10(2-5-26(13)17-20-7-11(8-21-17)15(29)25-31)14(28)12-9-22-18(24-16(12)30)27-4-1-3-23-27/h1,3-4,7-10,13,31H,2,5-6,19H2,(H,25,29)(H,22,24,30). The van der Waals surface area contributed by atoms with Crippen LogP contribution < -0.4 is 21.7 Å². The number of nitrogens with zero attached hydrogens (tertiary/aromatic N) is 6. The van der Waals surface area contributed by atoms with Crippen LogP contribution in [0.25, 0.3) is 5.95 Å². The molecule has 0 spiro atoms. The molecule has 13 nitrogen and oxygen atoms in total. The maximum absolute atomic E-state index is 12.9. The molecular formula is C18H19N9O4. The van der Waals surface area contributed by atoms with E-state index in [1.165, 1.54) is 28.8 Å². The number of ketones is 1. The van der Waals surface area contributed by atoms with Gasteiger partial charge < -0.3 is 10.6 Å². The van der Waals surface area contributed by atoms with Crippen molar-refractivity contribution in [3.63, 3.8) is 0 Å². The highest BCUT2D eigenvalue weighted by molar-refractivity contribution is 5.97. The van der Waals surface area contributed by atoms with Gasteiger partial charge >= 0.3 is 0 Å². The molecule has 4 rings (SSSR count). The molecule has 2 atom stereocenters. The summed E-state index contributed by atoms with van der Waals surface area (Å²) in [6.07, 6.45) is 7.14. The van der Waals surface area contributed by atoms with Gasteiger partial charge in [-0.15, -0.1) is 0 Å². The summed E-state index contributed by atoms with van der Waals surface area (Å²) in [5.74, 6) is -0.988. The van der Waals surface area contributed by atoms with Gasteiger partial charge in [0.15, 0.2) is 5.78 Å². The third-order valence-corrected chi connectivity index (χ3v) is 5.05. The van der Waals surface area contributed by atoms with E-state index in [0.717, 1.165) is 0 Å².